The van der Waals surface area contributed by atoms with Crippen LogP contribution in [0.25, 0.3) is 0 Å². The highest BCUT2D eigenvalue weighted by molar-refractivity contribution is 5.99. The number of hydrogen-bond acceptors (Lipinski definition) is 4. The van der Waals surface area contributed by atoms with Crippen LogP contribution < -0.4 is 15.8 Å². The van der Waals surface area contributed by atoms with Gasteiger partial charge in [-0.25, -0.2) is 4.98 Å². The van der Waals surface area contributed by atoms with Gasteiger partial charge in [0, 0.05) is 6.20 Å². The van der Waals surface area contributed by atoms with Gasteiger partial charge in [-0.15, -0.1) is 0 Å². The summed E-state index contributed by atoms with van der Waals surface area (Å²) in [7, 11) is 1.63. The number of nitrogens with two attached hydrogens (primary N) is 1. The van der Waals surface area contributed by atoms with Crippen molar-refractivity contribution < 1.29 is 9.53 Å². The molecular weight excluding hydrogens is 266 g/mol. The molecule has 0 radical (unpaired) electrons. The van der Waals surface area contributed by atoms with Crippen molar-refractivity contribution >= 4 is 11.7 Å². The number of ether oxygens (including phenoxy) is 1. The Morgan fingerprint density at radius 1 is 1.33 bits per heavy atom. The highest BCUT2D eigenvalue weighted by Gasteiger charge is 2.43. The van der Waals surface area contributed by atoms with Crippen LogP contribution in [-0.4, -0.2) is 18.0 Å². The molecule has 0 saturated heterocycles. The second-order valence-electron chi connectivity index (χ2n) is 5.13. The Morgan fingerprint density at radius 3 is 2.90 bits per heavy atom. The maximum absolute atomic E-state index is 12.6. The molecule has 1 atom stereocenters. The second-order valence-corrected chi connectivity index (χ2v) is 5.13. The Kier molecular flexibility index (Phi) is 3.35. The van der Waals surface area contributed by atoms with Gasteiger partial charge in [-0.05, 0) is 42.2 Å². The largest absolute Gasteiger partial charge is 0.496 e. The molecule has 108 valence electrons. The fourth-order valence-electron chi connectivity index (χ4n) is 2.79. The summed E-state index contributed by atoms with van der Waals surface area (Å²) in [5, 5.41) is 2.79. The number of aromatic nitrogens is 1. The van der Waals surface area contributed by atoms with Crippen LogP contribution in [0.1, 0.15) is 17.5 Å². The minimum Gasteiger partial charge on any atom is -0.496 e. The molecule has 0 aliphatic heterocycles. The average molecular weight is 283 g/mol. The van der Waals surface area contributed by atoms with E-state index in [9.17, 15) is 4.79 Å². The van der Waals surface area contributed by atoms with Gasteiger partial charge < -0.3 is 15.8 Å². The van der Waals surface area contributed by atoms with Gasteiger partial charge in [-0.3, -0.25) is 4.79 Å². The number of methoxy groups -OCH3 is 1. The van der Waals surface area contributed by atoms with Crippen molar-refractivity contribution in [3.8, 4) is 5.75 Å². The van der Waals surface area contributed by atoms with E-state index in [0.29, 0.717) is 12.2 Å². The third-order valence-electron chi connectivity index (χ3n) is 3.91. The monoisotopic (exact) mass is 283 g/mol. The number of carbonyl (C=O) groups excluding carboxylic acids is 1. The summed E-state index contributed by atoms with van der Waals surface area (Å²) in [5.41, 5.74) is 7.19. The van der Waals surface area contributed by atoms with Crippen LogP contribution in [0.4, 0.5) is 5.82 Å². The highest BCUT2D eigenvalue weighted by atomic mass is 16.5. The first-order valence-electron chi connectivity index (χ1n) is 6.83. The molecule has 1 aromatic heterocycles. The number of anilines is 1. The zero-order chi connectivity index (χ0) is 14.9. The zero-order valence-electron chi connectivity index (χ0n) is 11.8. The van der Waals surface area contributed by atoms with Crippen molar-refractivity contribution in [2.45, 2.75) is 18.4 Å². The van der Waals surface area contributed by atoms with Gasteiger partial charge in [0.05, 0.1) is 7.11 Å². The quantitative estimate of drug-likeness (QED) is 0.901. The topological polar surface area (TPSA) is 77.2 Å². The number of amides is 1. The third kappa shape index (κ3) is 2.25. The fraction of sp³-hybridized carbons (Fsp3) is 0.250. The maximum atomic E-state index is 12.6. The average Bonchev–Trinajstić information content (AvgIpc) is 2.87. The molecule has 3 N–H and O–H groups in total. The Balaban J connectivity index is 1.92. The molecule has 1 amide bonds. The Hall–Kier alpha value is -2.40. The molecule has 1 aliphatic carbocycles. The van der Waals surface area contributed by atoms with E-state index in [4.69, 9.17) is 10.5 Å². The van der Waals surface area contributed by atoms with Crippen LogP contribution in [0, 0.1) is 0 Å². The summed E-state index contributed by atoms with van der Waals surface area (Å²) >= 11 is 0. The van der Waals surface area contributed by atoms with Gasteiger partial charge in [-0.1, -0.05) is 18.2 Å². The zero-order valence-corrected chi connectivity index (χ0v) is 11.8. The molecule has 1 heterocycles. The number of hydrogen-bond donors (Lipinski definition) is 2. The Labute approximate surface area is 123 Å². The summed E-state index contributed by atoms with van der Waals surface area (Å²) in [4.78, 5) is 16.7. The van der Waals surface area contributed by atoms with E-state index in [1.807, 2.05) is 24.3 Å². The molecule has 3 rings (SSSR count). The van der Waals surface area contributed by atoms with Crippen molar-refractivity contribution in [1.29, 1.82) is 0 Å². The first-order chi connectivity index (χ1) is 10.1. The molecule has 2 aromatic rings. The molecule has 0 fully saturated rings. The lowest BCUT2D eigenvalue weighted by molar-refractivity contribution is -0.121. The van der Waals surface area contributed by atoms with E-state index >= 15 is 0 Å². The van der Waals surface area contributed by atoms with Gasteiger partial charge in [-0.2, -0.15) is 0 Å². The normalized spacial score (nSPS) is 19.9. The van der Waals surface area contributed by atoms with Crippen LogP contribution in [0.3, 0.4) is 0 Å². The summed E-state index contributed by atoms with van der Waals surface area (Å²) in [5.74, 6) is 1.04. The molecule has 5 heteroatoms. The number of benzene rings is 1. The summed E-state index contributed by atoms with van der Waals surface area (Å²) < 4.78 is 5.35. The van der Waals surface area contributed by atoms with Crippen molar-refractivity contribution in [3.63, 3.8) is 0 Å². The van der Waals surface area contributed by atoms with Crippen molar-refractivity contribution in [3.05, 3.63) is 53.7 Å². The number of fused-ring (bicyclic) bond motifs is 1. The minimum absolute atomic E-state index is 0.242. The van der Waals surface area contributed by atoms with Gasteiger partial charge in [0.2, 0.25) is 5.91 Å². The summed E-state index contributed by atoms with van der Waals surface area (Å²) in [6, 6.07) is 11.0. The highest BCUT2D eigenvalue weighted by Crippen LogP contribution is 2.40. The Morgan fingerprint density at radius 2 is 2.19 bits per heavy atom. The summed E-state index contributed by atoms with van der Waals surface area (Å²) in [6.07, 6.45) is 2.91. The van der Waals surface area contributed by atoms with Crippen LogP contribution in [0.5, 0.6) is 5.75 Å². The SMILES string of the molecule is COc1cccc2c1CCC2(N)C(=O)Nc1ccccn1. The van der Waals surface area contributed by atoms with E-state index < -0.39 is 5.54 Å². The number of nitrogens with zero attached hydrogens (tertiary/aromatic N) is 1. The molecule has 21 heavy (non-hydrogen) atoms. The van der Waals surface area contributed by atoms with Gasteiger partial charge in [0.1, 0.15) is 17.1 Å². The maximum Gasteiger partial charge on any atom is 0.250 e. The molecule has 0 spiro atoms. The summed E-state index contributed by atoms with van der Waals surface area (Å²) in [6.45, 7) is 0. The van der Waals surface area contributed by atoms with Crippen LogP contribution >= 0.6 is 0 Å². The van der Waals surface area contributed by atoms with Crippen molar-refractivity contribution in [1.82, 2.24) is 4.98 Å². The second kappa shape index (κ2) is 5.18. The van der Waals surface area contributed by atoms with Crippen LogP contribution in [0.2, 0.25) is 0 Å². The minimum atomic E-state index is -1.04. The number of carbonyl (C=O) groups is 1. The first kappa shape index (κ1) is 13.6. The lowest BCUT2D eigenvalue weighted by Gasteiger charge is -2.24. The predicted octanol–water partition coefficient (Wildman–Crippen LogP) is 1.83. The van der Waals surface area contributed by atoms with Crippen LogP contribution in [-0.2, 0) is 16.8 Å². The van der Waals surface area contributed by atoms with Gasteiger partial charge in [0.25, 0.3) is 0 Å². The van der Waals surface area contributed by atoms with E-state index in [2.05, 4.69) is 10.3 Å². The van der Waals surface area contributed by atoms with E-state index in [1.54, 1.807) is 25.4 Å². The fourth-order valence-corrected chi connectivity index (χ4v) is 2.79. The van der Waals surface area contributed by atoms with E-state index in [0.717, 1.165) is 23.3 Å². The van der Waals surface area contributed by atoms with Crippen molar-refractivity contribution in [2.75, 3.05) is 12.4 Å². The van der Waals surface area contributed by atoms with Gasteiger partial charge in [0.15, 0.2) is 0 Å². The molecule has 0 saturated carbocycles. The molecule has 0 bridgehead atoms. The number of rotatable bonds is 3. The lowest BCUT2D eigenvalue weighted by atomic mass is 9.92. The molecule has 1 unspecified atom stereocenters. The molecule has 1 aliphatic rings. The standard InChI is InChI=1S/C16H17N3O2/c1-21-13-6-4-5-12-11(13)8-9-16(12,17)15(20)19-14-7-2-3-10-18-14/h2-7,10H,8-9,17H2,1H3,(H,18,19,20). The van der Waals surface area contributed by atoms with Gasteiger partial charge >= 0.3 is 0 Å². The van der Waals surface area contributed by atoms with E-state index in [-0.39, 0.29) is 5.91 Å². The number of pyridine rings is 1. The Bertz CT molecular complexity index is 672. The predicted molar refractivity (Wildman–Crippen MR) is 80.0 cm³/mol. The first-order valence-corrected chi connectivity index (χ1v) is 6.83. The van der Waals surface area contributed by atoms with Crippen LogP contribution in [0.15, 0.2) is 42.6 Å². The van der Waals surface area contributed by atoms with Crippen molar-refractivity contribution in [2.24, 2.45) is 5.73 Å². The smallest absolute Gasteiger partial charge is 0.250 e. The number of nitrogens with one attached hydrogen (secondary N) is 1. The van der Waals surface area contributed by atoms with E-state index in [1.165, 1.54) is 0 Å². The molecule has 5 nitrogen and oxygen atoms in total. The lowest BCUT2D eigenvalue weighted by Crippen LogP contribution is -2.46. The molecular formula is C16H17N3O2. The third-order valence-corrected chi connectivity index (χ3v) is 3.91. The molecule has 1 aromatic carbocycles.